The Balaban J connectivity index is 4.56. The predicted octanol–water partition coefficient (Wildman–Crippen LogP) is 0.440. The summed E-state index contributed by atoms with van der Waals surface area (Å²) in [5.41, 5.74) is 5.01. The first-order valence-corrected chi connectivity index (χ1v) is 7.10. The van der Waals surface area contributed by atoms with E-state index in [0.717, 1.165) is 0 Å². The average molecular weight is 251 g/mol. The second-order valence-corrected chi connectivity index (χ2v) is 6.62. The number of hydrogen-bond acceptors (Lipinski definition) is 3. The average Bonchev–Trinajstić information content (AvgIpc) is 2.14. The minimum atomic E-state index is -3.47. The Kier molecular flexibility index (Phi) is 5.89. The van der Waals surface area contributed by atoms with Crippen LogP contribution in [0.25, 0.3) is 0 Å². The van der Waals surface area contributed by atoms with Gasteiger partial charge in [-0.2, -0.15) is 13.1 Å². The Hall–Kier alpha value is -0.170. The quantitative estimate of drug-likeness (QED) is 0.614. The molecule has 1 unspecified atom stereocenters. The third kappa shape index (κ3) is 5.25. The lowest BCUT2D eigenvalue weighted by atomic mass is 9.90. The first-order valence-electron chi connectivity index (χ1n) is 5.61. The highest BCUT2D eigenvalue weighted by atomic mass is 32.2. The van der Waals surface area contributed by atoms with Gasteiger partial charge in [0.25, 0.3) is 10.2 Å². The van der Waals surface area contributed by atoms with Crippen molar-refractivity contribution < 1.29 is 8.42 Å². The number of hydrogen-bond donors (Lipinski definition) is 3. The number of rotatable bonds is 7. The van der Waals surface area contributed by atoms with Crippen molar-refractivity contribution in [1.82, 2.24) is 9.44 Å². The fourth-order valence-electron chi connectivity index (χ4n) is 1.01. The molecule has 16 heavy (non-hydrogen) atoms. The van der Waals surface area contributed by atoms with E-state index in [4.69, 9.17) is 5.73 Å². The highest BCUT2D eigenvalue weighted by Crippen LogP contribution is 2.15. The first-order chi connectivity index (χ1) is 7.13. The zero-order valence-electron chi connectivity index (χ0n) is 10.9. The van der Waals surface area contributed by atoms with E-state index in [1.807, 2.05) is 34.6 Å². The van der Waals surface area contributed by atoms with Gasteiger partial charge >= 0.3 is 0 Å². The second kappa shape index (κ2) is 5.95. The molecule has 0 heterocycles. The molecule has 6 heteroatoms. The lowest BCUT2D eigenvalue weighted by Gasteiger charge is -2.33. The highest BCUT2D eigenvalue weighted by molar-refractivity contribution is 7.87. The largest absolute Gasteiger partial charge is 0.329 e. The van der Waals surface area contributed by atoms with Crippen molar-refractivity contribution in [3.63, 3.8) is 0 Å². The summed E-state index contributed by atoms with van der Waals surface area (Å²) in [4.78, 5) is 0. The summed E-state index contributed by atoms with van der Waals surface area (Å²) < 4.78 is 28.6. The van der Waals surface area contributed by atoms with Gasteiger partial charge in [-0.15, -0.1) is 0 Å². The Labute approximate surface area is 99.4 Å². The standard InChI is InChI=1S/C10H25N3O2S/c1-8(2)6-12-16(14,15)13-10(5,7-11)9(3)4/h8-9,12-13H,6-7,11H2,1-5H3. The van der Waals surface area contributed by atoms with E-state index in [1.165, 1.54) is 0 Å². The van der Waals surface area contributed by atoms with Crippen LogP contribution in [0.5, 0.6) is 0 Å². The molecule has 5 nitrogen and oxygen atoms in total. The smallest absolute Gasteiger partial charge is 0.277 e. The summed E-state index contributed by atoms with van der Waals surface area (Å²) in [5.74, 6) is 0.410. The Morgan fingerprint density at radius 1 is 1.25 bits per heavy atom. The van der Waals surface area contributed by atoms with E-state index in [-0.39, 0.29) is 18.4 Å². The minimum Gasteiger partial charge on any atom is -0.329 e. The molecule has 0 amide bonds. The van der Waals surface area contributed by atoms with Crippen molar-refractivity contribution >= 4 is 10.2 Å². The van der Waals surface area contributed by atoms with Crippen molar-refractivity contribution in [3.8, 4) is 0 Å². The van der Waals surface area contributed by atoms with E-state index in [1.54, 1.807) is 0 Å². The monoisotopic (exact) mass is 251 g/mol. The Morgan fingerprint density at radius 3 is 2.06 bits per heavy atom. The molecule has 0 radical (unpaired) electrons. The summed E-state index contributed by atoms with van der Waals surface area (Å²) in [6.45, 7) is 10.3. The molecule has 0 saturated carbocycles. The van der Waals surface area contributed by atoms with Crippen molar-refractivity contribution in [1.29, 1.82) is 0 Å². The fraction of sp³-hybridized carbons (Fsp3) is 1.00. The van der Waals surface area contributed by atoms with E-state index < -0.39 is 15.7 Å². The molecule has 0 aliphatic carbocycles. The van der Waals surface area contributed by atoms with E-state index >= 15 is 0 Å². The zero-order valence-corrected chi connectivity index (χ0v) is 11.7. The summed E-state index contributed by atoms with van der Waals surface area (Å²) in [6, 6.07) is 0. The molecule has 0 aromatic carbocycles. The normalized spacial score (nSPS) is 16.8. The summed E-state index contributed by atoms with van der Waals surface area (Å²) in [7, 11) is -3.47. The molecule has 0 spiro atoms. The van der Waals surface area contributed by atoms with Crippen LogP contribution < -0.4 is 15.2 Å². The van der Waals surface area contributed by atoms with Crippen LogP contribution in [0.3, 0.4) is 0 Å². The lowest BCUT2D eigenvalue weighted by molar-refractivity contribution is 0.313. The molecule has 0 aromatic heterocycles. The minimum absolute atomic E-state index is 0.133. The van der Waals surface area contributed by atoms with Crippen LogP contribution in [-0.2, 0) is 10.2 Å². The van der Waals surface area contributed by atoms with Gasteiger partial charge in [-0.1, -0.05) is 27.7 Å². The van der Waals surface area contributed by atoms with E-state index in [9.17, 15) is 8.42 Å². The van der Waals surface area contributed by atoms with Crippen molar-refractivity contribution in [2.45, 2.75) is 40.2 Å². The van der Waals surface area contributed by atoms with Crippen LogP contribution in [0, 0.1) is 11.8 Å². The van der Waals surface area contributed by atoms with Gasteiger partial charge in [0.15, 0.2) is 0 Å². The van der Waals surface area contributed by atoms with Gasteiger partial charge in [0, 0.05) is 18.6 Å². The maximum atomic E-state index is 11.7. The van der Waals surface area contributed by atoms with Crippen LogP contribution in [0.15, 0.2) is 0 Å². The first kappa shape index (κ1) is 15.8. The van der Waals surface area contributed by atoms with E-state index in [0.29, 0.717) is 6.54 Å². The van der Waals surface area contributed by atoms with Gasteiger partial charge in [0.1, 0.15) is 0 Å². The summed E-state index contributed by atoms with van der Waals surface area (Å²) >= 11 is 0. The van der Waals surface area contributed by atoms with Crippen molar-refractivity contribution in [2.75, 3.05) is 13.1 Å². The molecule has 98 valence electrons. The Bertz CT molecular complexity index is 301. The molecule has 0 saturated heterocycles. The van der Waals surface area contributed by atoms with Crippen LogP contribution in [0.2, 0.25) is 0 Å². The second-order valence-electron chi connectivity index (χ2n) is 5.12. The molecule has 1 atom stereocenters. The summed E-state index contributed by atoms with van der Waals surface area (Å²) in [5, 5.41) is 0. The van der Waals surface area contributed by atoms with Crippen molar-refractivity contribution in [3.05, 3.63) is 0 Å². The number of nitrogens with two attached hydrogens (primary N) is 1. The van der Waals surface area contributed by atoms with Gasteiger partial charge in [-0.3, -0.25) is 0 Å². The molecule has 0 rings (SSSR count). The van der Waals surface area contributed by atoms with Crippen molar-refractivity contribution in [2.24, 2.45) is 17.6 Å². The van der Waals surface area contributed by atoms with Crippen LogP contribution in [-0.4, -0.2) is 27.0 Å². The van der Waals surface area contributed by atoms with Gasteiger partial charge in [0.2, 0.25) is 0 Å². The maximum absolute atomic E-state index is 11.7. The van der Waals surface area contributed by atoms with Crippen LogP contribution in [0.1, 0.15) is 34.6 Å². The predicted molar refractivity (Wildman–Crippen MR) is 67.2 cm³/mol. The lowest BCUT2D eigenvalue weighted by Crippen LogP contribution is -2.57. The molecular formula is C10H25N3O2S. The van der Waals surface area contributed by atoms with Gasteiger partial charge in [-0.25, -0.2) is 4.72 Å². The third-order valence-electron chi connectivity index (χ3n) is 2.75. The molecule has 0 fully saturated rings. The van der Waals surface area contributed by atoms with E-state index in [2.05, 4.69) is 9.44 Å². The molecule has 0 aliphatic rings. The van der Waals surface area contributed by atoms with Gasteiger partial charge in [0.05, 0.1) is 0 Å². The van der Waals surface area contributed by atoms with Crippen LogP contribution >= 0.6 is 0 Å². The zero-order chi connectivity index (χ0) is 13.0. The number of nitrogens with one attached hydrogen (secondary N) is 2. The van der Waals surface area contributed by atoms with Gasteiger partial charge < -0.3 is 5.73 Å². The molecule has 4 N–H and O–H groups in total. The fourth-order valence-corrected chi connectivity index (χ4v) is 2.57. The highest BCUT2D eigenvalue weighted by Gasteiger charge is 2.31. The molecule has 0 aliphatic heterocycles. The van der Waals surface area contributed by atoms with Crippen LogP contribution in [0.4, 0.5) is 0 Å². The van der Waals surface area contributed by atoms with Gasteiger partial charge in [-0.05, 0) is 18.8 Å². The SMILES string of the molecule is CC(C)CNS(=O)(=O)NC(C)(CN)C(C)C. The third-order valence-corrected chi connectivity index (χ3v) is 4.03. The topological polar surface area (TPSA) is 84.2 Å². The Morgan fingerprint density at radius 2 is 1.75 bits per heavy atom. The molecule has 0 bridgehead atoms. The summed E-state index contributed by atoms with van der Waals surface area (Å²) in [6.07, 6.45) is 0. The molecule has 0 aromatic rings. The maximum Gasteiger partial charge on any atom is 0.277 e. The molecular weight excluding hydrogens is 226 g/mol.